The van der Waals surface area contributed by atoms with E-state index in [0.29, 0.717) is 32.7 Å². The Morgan fingerprint density at radius 2 is 2.04 bits per heavy atom. The molecule has 1 aliphatic heterocycles. The molecular weight excluding hydrogens is 415 g/mol. The van der Waals surface area contributed by atoms with Gasteiger partial charge in [0, 0.05) is 39.1 Å². The van der Waals surface area contributed by atoms with Gasteiger partial charge in [-0.15, -0.1) is 11.8 Å². The fraction of sp³-hybridized carbons (Fsp3) is 0.235. The number of nitrogens with zero attached hydrogens (tertiary/aromatic N) is 1. The van der Waals surface area contributed by atoms with Crippen LogP contribution in [0.1, 0.15) is 16.5 Å². The normalized spacial score (nSPS) is 19.0. The molecule has 0 saturated carbocycles. The number of benzene rings is 2. The van der Waals surface area contributed by atoms with Gasteiger partial charge in [0.1, 0.15) is 18.4 Å². The van der Waals surface area contributed by atoms with E-state index in [1.165, 1.54) is 30.0 Å². The second-order valence-corrected chi connectivity index (χ2v) is 7.69. The SMILES string of the molecule is O=C(O)[C@@H]1CS[C@@H](c2cc([N+](=O)[O-])ccc2OCc2c(Cl)cccc2Cl)N1. The Kier molecular flexibility index (Phi) is 6.11. The topological polar surface area (TPSA) is 102 Å². The zero-order chi connectivity index (χ0) is 19.6. The van der Waals surface area contributed by atoms with Crippen LogP contribution < -0.4 is 10.1 Å². The number of aliphatic carboxylic acids is 1. The molecule has 3 rings (SSSR count). The fourth-order valence-electron chi connectivity index (χ4n) is 2.60. The van der Waals surface area contributed by atoms with E-state index in [9.17, 15) is 14.9 Å². The van der Waals surface area contributed by atoms with Gasteiger partial charge in [-0.3, -0.25) is 20.2 Å². The number of nitro groups is 1. The van der Waals surface area contributed by atoms with Crippen molar-refractivity contribution in [3.63, 3.8) is 0 Å². The molecule has 0 amide bonds. The van der Waals surface area contributed by atoms with Crippen LogP contribution in [0.15, 0.2) is 36.4 Å². The number of carboxylic acid groups (broad SMARTS) is 1. The maximum Gasteiger partial charge on any atom is 0.321 e. The molecule has 0 spiro atoms. The van der Waals surface area contributed by atoms with E-state index in [0.717, 1.165) is 0 Å². The number of non-ortho nitro benzene ring substituents is 1. The molecular formula is C17H14Cl2N2O5S. The predicted octanol–water partition coefficient (Wildman–Crippen LogP) is 4.27. The van der Waals surface area contributed by atoms with Crippen LogP contribution in [0.4, 0.5) is 5.69 Å². The van der Waals surface area contributed by atoms with Crippen LogP contribution >= 0.6 is 35.0 Å². The van der Waals surface area contributed by atoms with Gasteiger partial charge in [0.25, 0.3) is 5.69 Å². The van der Waals surface area contributed by atoms with E-state index in [-0.39, 0.29) is 12.3 Å². The summed E-state index contributed by atoms with van der Waals surface area (Å²) in [5.41, 5.74) is 0.996. The first-order valence-corrected chi connectivity index (χ1v) is 9.61. The van der Waals surface area contributed by atoms with E-state index in [2.05, 4.69) is 5.32 Å². The molecule has 1 heterocycles. The minimum absolute atomic E-state index is 0.0725. The number of halogens is 2. The van der Waals surface area contributed by atoms with Crippen molar-refractivity contribution in [3.05, 3.63) is 67.7 Å². The summed E-state index contributed by atoms with van der Waals surface area (Å²) in [7, 11) is 0. The summed E-state index contributed by atoms with van der Waals surface area (Å²) in [6.07, 6.45) is 0. The summed E-state index contributed by atoms with van der Waals surface area (Å²) in [6, 6.07) is 8.58. The van der Waals surface area contributed by atoms with E-state index >= 15 is 0 Å². The number of hydrogen-bond donors (Lipinski definition) is 2. The summed E-state index contributed by atoms with van der Waals surface area (Å²) >= 11 is 13.6. The van der Waals surface area contributed by atoms with Crippen LogP contribution in [0.3, 0.4) is 0 Å². The largest absolute Gasteiger partial charge is 0.488 e. The van der Waals surface area contributed by atoms with E-state index in [1.807, 2.05) is 0 Å². The minimum Gasteiger partial charge on any atom is -0.488 e. The van der Waals surface area contributed by atoms with Gasteiger partial charge in [-0.25, -0.2) is 0 Å². The maximum atomic E-state index is 11.2. The Morgan fingerprint density at radius 1 is 1.33 bits per heavy atom. The van der Waals surface area contributed by atoms with E-state index in [4.69, 9.17) is 33.0 Å². The zero-order valence-corrected chi connectivity index (χ0v) is 16.1. The number of hydrogen-bond acceptors (Lipinski definition) is 6. The first-order valence-electron chi connectivity index (χ1n) is 7.81. The van der Waals surface area contributed by atoms with Crippen molar-refractivity contribution in [1.29, 1.82) is 0 Å². The Hall–Kier alpha value is -2.00. The van der Waals surface area contributed by atoms with E-state index in [1.54, 1.807) is 18.2 Å². The first kappa shape index (κ1) is 19.8. The van der Waals surface area contributed by atoms with Crippen molar-refractivity contribution in [2.24, 2.45) is 0 Å². The lowest BCUT2D eigenvalue weighted by molar-refractivity contribution is -0.384. The second-order valence-electron chi connectivity index (χ2n) is 5.74. The Bertz CT molecular complexity index is 875. The van der Waals surface area contributed by atoms with Crippen molar-refractivity contribution in [1.82, 2.24) is 5.32 Å². The highest BCUT2D eigenvalue weighted by atomic mass is 35.5. The summed E-state index contributed by atoms with van der Waals surface area (Å²) in [6.45, 7) is 0.0725. The van der Waals surface area contributed by atoms with Crippen molar-refractivity contribution in [2.45, 2.75) is 18.0 Å². The number of thioether (sulfide) groups is 1. The predicted molar refractivity (Wildman–Crippen MR) is 104 cm³/mol. The number of nitro benzene ring substituents is 1. The molecule has 0 radical (unpaired) electrons. The molecule has 1 saturated heterocycles. The number of rotatable bonds is 6. The second kappa shape index (κ2) is 8.35. The molecule has 2 aromatic carbocycles. The van der Waals surface area contributed by atoms with Crippen LogP contribution in [0.25, 0.3) is 0 Å². The quantitative estimate of drug-likeness (QED) is 0.522. The Morgan fingerprint density at radius 3 is 2.63 bits per heavy atom. The molecule has 0 bridgehead atoms. The molecule has 142 valence electrons. The maximum absolute atomic E-state index is 11.2. The third-order valence-corrected chi connectivity index (χ3v) is 5.96. The molecule has 2 atom stereocenters. The summed E-state index contributed by atoms with van der Waals surface area (Å²) in [5.74, 6) is -0.230. The highest BCUT2D eigenvalue weighted by Crippen LogP contribution is 2.40. The van der Waals surface area contributed by atoms with Crippen LogP contribution in [0.2, 0.25) is 10.0 Å². The molecule has 2 N–H and O–H groups in total. The first-order chi connectivity index (χ1) is 12.9. The van der Waals surface area contributed by atoms with Crippen molar-refractivity contribution in [3.8, 4) is 5.75 Å². The number of carbonyl (C=O) groups is 1. The van der Waals surface area contributed by atoms with Crippen LogP contribution in [0, 0.1) is 10.1 Å². The number of carboxylic acids is 1. The monoisotopic (exact) mass is 428 g/mol. The fourth-order valence-corrected chi connectivity index (χ4v) is 4.35. The zero-order valence-electron chi connectivity index (χ0n) is 13.7. The third kappa shape index (κ3) is 4.47. The lowest BCUT2D eigenvalue weighted by Crippen LogP contribution is -2.33. The molecule has 1 fully saturated rings. The van der Waals surface area contributed by atoms with Crippen LogP contribution in [-0.4, -0.2) is 27.8 Å². The van der Waals surface area contributed by atoms with Gasteiger partial charge in [-0.05, 0) is 18.2 Å². The Balaban J connectivity index is 1.88. The highest BCUT2D eigenvalue weighted by molar-refractivity contribution is 7.99. The molecule has 7 nitrogen and oxygen atoms in total. The van der Waals surface area contributed by atoms with E-state index < -0.39 is 22.3 Å². The van der Waals surface area contributed by atoms with Gasteiger partial charge in [0.2, 0.25) is 0 Å². The smallest absolute Gasteiger partial charge is 0.321 e. The van der Waals surface area contributed by atoms with Crippen molar-refractivity contribution in [2.75, 3.05) is 5.75 Å². The number of nitrogens with one attached hydrogen (secondary N) is 1. The van der Waals surface area contributed by atoms with Gasteiger partial charge < -0.3 is 9.84 Å². The van der Waals surface area contributed by atoms with Gasteiger partial charge >= 0.3 is 5.97 Å². The molecule has 1 aliphatic rings. The highest BCUT2D eigenvalue weighted by Gasteiger charge is 2.33. The van der Waals surface area contributed by atoms with Gasteiger partial charge in [0.05, 0.1) is 10.3 Å². The minimum atomic E-state index is -0.972. The van der Waals surface area contributed by atoms with Crippen LogP contribution in [0.5, 0.6) is 5.75 Å². The third-order valence-electron chi connectivity index (χ3n) is 4.00. The molecule has 0 aromatic heterocycles. The molecule has 2 aromatic rings. The number of ether oxygens (including phenoxy) is 1. The average molecular weight is 429 g/mol. The summed E-state index contributed by atoms with van der Waals surface area (Å²) in [4.78, 5) is 21.8. The van der Waals surface area contributed by atoms with Gasteiger partial charge in [-0.2, -0.15) is 0 Å². The Labute approximate surface area is 168 Å². The summed E-state index contributed by atoms with van der Waals surface area (Å²) < 4.78 is 5.84. The van der Waals surface area contributed by atoms with Crippen molar-refractivity contribution >= 4 is 46.6 Å². The average Bonchev–Trinajstić information content (AvgIpc) is 3.11. The molecule has 27 heavy (non-hydrogen) atoms. The standard InChI is InChI=1S/C17H14Cl2N2O5S/c18-12-2-1-3-13(19)11(12)7-26-15-5-4-9(21(24)25)6-10(15)16-20-14(8-27-16)17(22)23/h1-6,14,16,20H,7-8H2,(H,22,23)/t14-,16-/m0/s1. The van der Waals surface area contributed by atoms with Gasteiger partial charge in [-0.1, -0.05) is 29.3 Å². The molecule has 10 heteroatoms. The lowest BCUT2D eigenvalue weighted by Gasteiger charge is -2.17. The lowest BCUT2D eigenvalue weighted by atomic mass is 10.1. The summed E-state index contributed by atoms with van der Waals surface area (Å²) in [5, 5.41) is 23.7. The van der Waals surface area contributed by atoms with Gasteiger partial charge in [0.15, 0.2) is 0 Å². The molecule has 0 unspecified atom stereocenters. The van der Waals surface area contributed by atoms with Crippen LogP contribution in [-0.2, 0) is 11.4 Å². The van der Waals surface area contributed by atoms with Crippen molar-refractivity contribution < 1.29 is 19.6 Å². The molecule has 0 aliphatic carbocycles.